The fraction of sp³-hybridized carbons (Fsp3) is 0.136. The topological polar surface area (TPSA) is 115 Å². The van der Waals surface area contributed by atoms with Crippen LogP contribution >= 0.6 is 0 Å². The molecular weight excluding hydrogens is 433 g/mol. The van der Waals surface area contributed by atoms with E-state index in [1.54, 1.807) is 13.1 Å². The Morgan fingerprint density at radius 2 is 1.97 bits per heavy atom. The first-order valence-electron chi connectivity index (χ1n) is 9.77. The SMILES string of the molecule is C/C=N\Nc1ccc(CNc2ncc(C#N)c(-c3c[nH]c4ncc(C(F)(F)F)cc34)n2)cc1. The summed E-state index contributed by atoms with van der Waals surface area (Å²) in [6, 6.07) is 10.5. The van der Waals surface area contributed by atoms with Gasteiger partial charge in [0.1, 0.15) is 11.7 Å². The zero-order valence-corrected chi connectivity index (χ0v) is 17.3. The molecule has 0 spiro atoms. The minimum absolute atomic E-state index is 0.130. The number of alkyl halides is 3. The van der Waals surface area contributed by atoms with Crippen LogP contribution in [0.1, 0.15) is 23.6 Å². The van der Waals surface area contributed by atoms with Gasteiger partial charge in [0.05, 0.1) is 28.7 Å². The van der Waals surface area contributed by atoms with Crippen molar-refractivity contribution in [1.82, 2.24) is 19.9 Å². The number of hydrogen-bond acceptors (Lipinski definition) is 7. The lowest BCUT2D eigenvalue weighted by atomic mass is 10.1. The van der Waals surface area contributed by atoms with E-state index < -0.39 is 11.7 Å². The molecule has 33 heavy (non-hydrogen) atoms. The van der Waals surface area contributed by atoms with E-state index in [9.17, 15) is 18.4 Å². The van der Waals surface area contributed by atoms with Gasteiger partial charge in [0.15, 0.2) is 0 Å². The van der Waals surface area contributed by atoms with Gasteiger partial charge in [-0.2, -0.15) is 23.5 Å². The van der Waals surface area contributed by atoms with E-state index in [0.29, 0.717) is 12.1 Å². The van der Waals surface area contributed by atoms with E-state index in [1.807, 2.05) is 30.3 Å². The van der Waals surface area contributed by atoms with Gasteiger partial charge in [-0.15, -0.1) is 0 Å². The molecule has 4 rings (SSSR count). The number of hydrazone groups is 1. The normalized spacial score (nSPS) is 11.6. The Bertz CT molecular complexity index is 1350. The van der Waals surface area contributed by atoms with Crippen molar-refractivity contribution >= 4 is 28.9 Å². The summed E-state index contributed by atoms with van der Waals surface area (Å²) in [6.45, 7) is 2.20. The summed E-state index contributed by atoms with van der Waals surface area (Å²) in [5.41, 5.74) is 4.70. The summed E-state index contributed by atoms with van der Waals surface area (Å²) in [6.07, 6.45) is 0.675. The zero-order chi connectivity index (χ0) is 23.4. The van der Waals surface area contributed by atoms with E-state index in [2.05, 4.69) is 35.8 Å². The molecule has 0 saturated carbocycles. The average Bonchev–Trinajstić information content (AvgIpc) is 3.24. The number of fused-ring (bicyclic) bond motifs is 1. The van der Waals surface area contributed by atoms with Crippen LogP contribution in [0.4, 0.5) is 24.8 Å². The molecule has 11 heteroatoms. The van der Waals surface area contributed by atoms with Gasteiger partial charge in [-0.3, -0.25) is 5.43 Å². The highest BCUT2D eigenvalue weighted by Gasteiger charge is 2.31. The number of anilines is 2. The van der Waals surface area contributed by atoms with Crippen LogP contribution in [-0.4, -0.2) is 26.2 Å². The number of nitriles is 1. The van der Waals surface area contributed by atoms with Crippen molar-refractivity contribution in [3.05, 3.63) is 65.6 Å². The Labute approximate surface area is 186 Å². The predicted octanol–water partition coefficient (Wildman–Crippen LogP) is 4.94. The molecule has 3 heterocycles. The Morgan fingerprint density at radius 1 is 1.18 bits per heavy atom. The summed E-state index contributed by atoms with van der Waals surface area (Å²) in [4.78, 5) is 15.2. The smallest absolute Gasteiger partial charge is 0.350 e. The molecule has 4 aromatic rings. The minimum atomic E-state index is -4.54. The lowest BCUT2D eigenvalue weighted by Gasteiger charge is -2.09. The zero-order valence-electron chi connectivity index (χ0n) is 17.3. The Kier molecular flexibility index (Phi) is 5.91. The van der Waals surface area contributed by atoms with Crippen LogP contribution in [0, 0.1) is 11.3 Å². The highest BCUT2D eigenvalue weighted by atomic mass is 19.4. The lowest BCUT2D eigenvalue weighted by Crippen LogP contribution is -2.06. The van der Waals surface area contributed by atoms with Crippen molar-refractivity contribution in [1.29, 1.82) is 5.26 Å². The van der Waals surface area contributed by atoms with Crippen LogP contribution in [0.2, 0.25) is 0 Å². The van der Waals surface area contributed by atoms with Gasteiger partial charge in [0.2, 0.25) is 5.95 Å². The highest BCUT2D eigenvalue weighted by Crippen LogP contribution is 2.34. The monoisotopic (exact) mass is 450 g/mol. The molecule has 0 unspecified atom stereocenters. The third-order valence-corrected chi connectivity index (χ3v) is 4.75. The van der Waals surface area contributed by atoms with Gasteiger partial charge in [-0.05, 0) is 30.7 Å². The van der Waals surface area contributed by atoms with Gasteiger partial charge in [0.25, 0.3) is 0 Å². The van der Waals surface area contributed by atoms with Crippen molar-refractivity contribution in [2.24, 2.45) is 5.10 Å². The maximum atomic E-state index is 13.2. The number of halogens is 3. The van der Waals surface area contributed by atoms with Crippen molar-refractivity contribution in [3.8, 4) is 17.3 Å². The quantitative estimate of drug-likeness (QED) is 0.283. The molecule has 0 aliphatic carbocycles. The van der Waals surface area contributed by atoms with E-state index in [1.165, 1.54) is 12.4 Å². The molecule has 0 aliphatic heterocycles. The molecule has 0 radical (unpaired) electrons. The van der Waals surface area contributed by atoms with Gasteiger partial charge in [0, 0.05) is 36.1 Å². The van der Waals surface area contributed by atoms with Crippen molar-refractivity contribution in [3.63, 3.8) is 0 Å². The molecule has 0 bridgehead atoms. The second-order valence-corrected chi connectivity index (χ2v) is 6.94. The number of benzene rings is 1. The predicted molar refractivity (Wildman–Crippen MR) is 118 cm³/mol. The molecule has 0 amide bonds. The third-order valence-electron chi connectivity index (χ3n) is 4.75. The molecule has 166 valence electrons. The highest BCUT2D eigenvalue weighted by molar-refractivity contribution is 5.94. The number of nitrogens with one attached hydrogen (secondary N) is 3. The average molecular weight is 450 g/mol. The van der Waals surface area contributed by atoms with Crippen LogP contribution in [0.15, 0.2) is 54.0 Å². The first-order valence-corrected chi connectivity index (χ1v) is 9.77. The molecule has 0 aliphatic rings. The van der Waals surface area contributed by atoms with E-state index in [0.717, 1.165) is 23.5 Å². The largest absolute Gasteiger partial charge is 0.417 e. The van der Waals surface area contributed by atoms with Crippen LogP contribution in [0.3, 0.4) is 0 Å². The number of rotatable bonds is 6. The second-order valence-electron chi connectivity index (χ2n) is 6.94. The molecule has 3 aromatic heterocycles. The Morgan fingerprint density at radius 3 is 2.67 bits per heavy atom. The molecule has 8 nitrogen and oxygen atoms in total. The van der Waals surface area contributed by atoms with Crippen LogP contribution < -0.4 is 10.7 Å². The number of aromatic nitrogens is 4. The molecule has 0 saturated heterocycles. The number of aromatic amines is 1. The fourth-order valence-corrected chi connectivity index (χ4v) is 3.13. The van der Waals surface area contributed by atoms with Gasteiger partial charge < -0.3 is 10.3 Å². The van der Waals surface area contributed by atoms with E-state index in [4.69, 9.17) is 0 Å². The maximum Gasteiger partial charge on any atom is 0.417 e. The van der Waals surface area contributed by atoms with E-state index in [-0.39, 0.29) is 28.2 Å². The minimum Gasteiger partial charge on any atom is -0.350 e. The van der Waals surface area contributed by atoms with Gasteiger partial charge >= 0.3 is 6.18 Å². The van der Waals surface area contributed by atoms with E-state index >= 15 is 0 Å². The molecule has 0 fully saturated rings. The van der Waals surface area contributed by atoms with Crippen molar-refractivity contribution < 1.29 is 13.2 Å². The van der Waals surface area contributed by atoms with Crippen molar-refractivity contribution in [2.75, 3.05) is 10.7 Å². The summed E-state index contributed by atoms with van der Waals surface area (Å²) >= 11 is 0. The lowest BCUT2D eigenvalue weighted by molar-refractivity contribution is -0.137. The third kappa shape index (κ3) is 4.74. The molecule has 0 atom stereocenters. The molecular formula is C22H17F3N8. The maximum absolute atomic E-state index is 13.2. The van der Waals surface area contributed by atoms with Crippen LogP contribution in [-0.2, 0) is 12.7 Å². The van der Waals surface area contributed by atoms with Gasteiger partial charge in [-0.25, -0.2) is 15.0 Å². The number of hydrogen-bond donors (Lipinski definition) is 3. The number of nitrogens with zero attached hydrogens (tertiary/aromatic N) is 5. The number of pyridine rings is 1. The van der Waals surface area contributed by atoms with Crippen LogP contribution in [0.5, 0.6) is 0 Å². The molecule has 1 aromatic carbocycles. The summed E-state index contributed by atoms with van der Waals surface area (Å²) < 4.78 is 39.5. The van der Waals surface area contributed by atoms with Crippen molar-refractivity contribution in [2.45, 2.75) is 19.6 Å². The summed E-state index contributed by atoms with van der Waals surface area (Å²) in [5, 5.41) is 16.7. The summed E-state index contributed by atoms with van der Waals surface area (Å²) in [5.74, 6) is 0.232. The molecule has 3 N–H and O–H groups in total. The first kappa shape index (κ1) is 21.8. The van der Waals surface area contributed by atoms with Crippen LogP contribution in [0.25, 0.3) is 22.3 Å². The Balaban J connectivity index is 1.62. The number of H-pyrrole nitrogens is 1. The second kappa shape index (κ2) is 8.96. The van der Waals surface area contributed by atoms with Gasteiger partial charge in [-0.1, -0.05) is 12.1 Å². The summed E-state index contributed by atoms with van der Waals surface area (Å²) in [7, 11) is 0. The first-order chi connectivity index (χ1) is 15.9. The Hall–Kier alpha value is -4.46. The standard InChI is InChI=1S/C22H17F3N8/c1-2-31-33-16-5-3-13(4-6-16)9-29-21-30-10-14(8-26)19(32-21)18-12-28-20-17(18)7-15(11-27-20)22(23,24)25/h2-7,10-12,33H,9H2,1H3,(H,27,28)(H,29,30,32)/b31-2-. The fourth-order valence-electron chi connectivity index (χ4n) is 3.13.